The largest absolute Gasteiger partial charge is 0.495 e. The molecule has 0 spiro atoms. The Hall–Kier alpha value is -2.84. The van der Waals surface area contributed by atoms with Crippen molar-refractivity contribution in [2.24, 2.45) is 0 Å². The molecular formula is C20H17ClFNO5S. The summed E-state index contributed by atoms with van der Waals surface area (Å²) in [6, 6.07) is 12.8. The first-order chi connectivity index (χ1) is 13.8. The summed E-state index contributed by atoms with van der Waals surface area (Å²) in [5.74, 6) is -1.12. The van der Waals surface area contributed by atoms with Crippen molar-refractivity contribution in [3.05, 3.63) is 82.5 Å². The fraction of sp³-hybridized carbons (Fsp3) is 0.150. The van der Waals surface area contributed by atoms with Crippen LogP contribution in [-0.2, 0) is 22.1 Å². The van der Waals surface area contributed by atoms with Gasteiger partial charge in [0.15, 0.2) is 15.6 Å². The Kier molecular flexibility index (Phi) is 6.24. The number of nitrogens with one attached hydrogen (secondary N) is 1. The molecule has 2 aromatic carbocycles. The third kappa shape index (κ3) is 5.16. The standard InChI is InChI=1S/C20H17ClFNO5S/c1-27-17-8-4-14(21)10-19(17)29(25,26)12-16-7-9-18(28-16)20(24)23-11-13-2-5-15(22)6-3-13/h2-10H,11-12H2,1H3,(H,23,24). The first-order valence-electron chi connectivity index (χ1n) is 8.46. The number of hydrogen-bond acceptors (Lipinski definition) is 5. The number of amides is 1. The highest BCUT2D eigenvalue weighted by Gasteiger charge is 2.23. The molecule has 1 heterocycles. The molecule has 0 aliphatic rings. The van der Waals surface area contributed by atoms with Crippen LogP contribution >= 0.6 is 11.6 Å². The van der Waals surface area contributed by atoms with Gasteiger partial charge in [-0.3, -0.25) is 4.79 Å². The van der Waals surface area contributed by atoms with E-state index in [1.807, 2.05) is 0 Å². The van der Waals surface area contributed by atoms with Crippen LogP contribution in [0.1, 0.15) is 21.9 Å². The van der Waals surface area contributed by atoms with Gasteiger partial charge in [0, 0.05) is 11.6 Å². The molecule has 0 aliphatic carbocycles. The van der Waals surface area contributed by atoms with Crippen molar-refractivity contribution < 1.29 is 26.8 Å². The van der Waals surface area contributed by atoms with E-state index in [4.69, 9.17) is 20.8 Å². The average Bonchev–Trinajstić information content (AvgIpc) is 3.15. The van der Waals surface area contributed by atoms with Crippen molar-refractivity contribution in [3.8, 4) is 5.75 Å². The molecule has 1 N–H and O–H groups in total. The highest BCUT2D eigenvalue weighted by atomic mass is 35.5. The normalized spacial score (nSPS) is 11.3. The van der Waals surface area contributed by atoms with Crippen molar-refractivity contribution >= 4 is 27.3 Å². The smallest absolute Gasteiger partial charge is 0.287 e. The van der Waals surface area contributed by atoms with Crippen LogP contribution in [0.4, 0.5) is 4.39 Å². The zero-order chi connectivity index (χ0) is 21.0. The zero-order valence-corrected chi connectivity index (χ0v) is 16.9. The Morgan fingerprint density at radius 1 is 1.14 bits per heavy atom. The lowest BCUT2D eigenvalue weighted by Crippen LogP contribution is -2.22. The van der Waals surface area contributed by atoms with Gasteiger partial charge in [0.25, 0.3) is 5.91 Å². The Balaban J connectivity index is 1.70. The van der Waals surface area contributed by atoms with Gasteiger partial charge < -0.3 is 14.5 Å². The maximum Gasteiger partial charge on any atom is 0.287 e. The minimum absolute atomic E-state index is 0.0321. The Bertz CT molecular complexity index is 1130. The summed E-state index contributed by atoms with van der Waals surface area (Å²) in [4.78, 5) is 12.1. The molecule has 1 amide bonds. The number of hydrogen-bond donors (Lipinski definition) is 1. The van der Waals surface area contributed by atoms with Crippen LogP contribution < -0.4 is 10.1 Å². The molecule has 0 saturated carbocycles. The first kappa shape index (κ1) is 20.9. The summed E-state index contributed by atoms with van der Waals surface area (Å²) in [6.07, 6.45) is 0. The molecule has 9 heteroatoms. The van der Waals surface area contributed by atoms with E-state index in [0.29, 0.717) is 5.56 Å². The first-order valence-corrected chi connectivity index (χ1v) is 10.5. The van der Waals surface area contributed by atoms with Gasteiger partial charge in [-0.2, -0.15) is 0 Å². The van der Waals surface area contributed by atoms with E-state index in [1.54, 1.807) is 12.1 Å². The van der Waals surface area contributed by atoms with Gasteiger partial charge >= 0.3 is 0 Å². The maximum absolute atomic E-state index is 12.9. The molecule has 0 unspecified atom stereocenters. The lowest BCUT2D eigenvalue weighted by atomic mass is 10.2. The van der Waals surface area contributed by atoms with Crippen molar-refractivity contribution in [1.29, 1.82) is 0 Å². The topological polar surface area (TPSA) is 85.6 Å². The molecule has 0 aliphatic heterocycles. The lowest BCUT2D eigenvalue weighted by molar-refractivity contribution is 0.0921. The summed E-state index contributed by atoms with van der Waals surface area (Å²) in [5.41, 5.74) is 0.710. The Morgan fingerprint density at radius 3 is 2.55 bits per heavy atom. The van der Waals surface area contributed by atoms with Crippen molar-refractivity contribution in [3.63, 3.8) is 0 Å². The number of rotatable bonds is 7. The number of sulfone groups is 1. The van der Waals surface area contributed by atoms with E-state index < -0.39 is 21.5 Å². The number of ether oxygens (including phenoxy) is 1. The molecule has 0 saturated heterocycles. The molecule has 3 rings (SSSR count). The monoisotopic (exact) mass is 437 g/mol. The van der Waals surface area contributed by atoms with Gasteiger partial charge in [0.2, 0.25) is 0 Å². The number of furan rings is 1. The number of carbonyl (C=O) groups excluding carboxylic acids is 1. The Morgan fingerprint density at radius 2 is 1.86 bits per heavy atom. The fourth-order valence-electron chi connectivity index (χ4n) is 2.61. The highest BCUT2D eigenvalue weighted by molar-refractivity contribution is 7.90. The van der Waals surface area contributed by atoms with Crippen LogP contribution in [-0.4, -0.2) is 21.4 Å². The molecule has 0 bridgehead atoms. The van der Waals surface area contributed by atoms with Gasteiger partial charge in [-0.05, 0) is 48.0 Å². The molecule has 152 valence electrons. The van der Waals surface area contributed by atoms with Gasteiger partial charge in [-0.25, -0.2) is 12.8 Å². The van der Waals surface area contributed by atoms with E-state index in [1.165, 1.54) is 49.6 Å². The maximum atomic E-state index is 12.9. The number of halogens is 2. The number of benzene rings is 2. The van der Waals surface area contributed by atoms with Gasteiger partial charge in [0.05, 0.1) is 7.11 Å². The molecule has 0 atom stereocenters. The van der Waals surface area contributed by atoms with Gasteiger partial charge in [0.1, 0.15) is 28.0 Å². The molecule has 0 radical (unpaired) electrons. The molecule has 0 fully saturated rings. The average molecular weight is 438 g/mol. The molecule has 29 heavy (non-hydrogen) atoms. The number of methoxy groups -OCH3 is 1. The summed E-state index contributed by atoms with van der Waals surface area (Å²) >= 11 is 5.91. The van der Waals surface area contributed by atoms with E-state index >= 15 is 0 Å². The van der Waals surface area contributed by atoms with Crippen LogP contribution in [0, 0.1) is 5.82 Å². The highest BCUT2D eigenvalue weighted by Crippen LogP contribution is 2.30. The number of carbonyl (C=O) groups is 1. The SMILES string of the molecule is COc1ccc(Cl)cc1S(=O)(=O)Cc1ccc(C(=O)NCc2ccc(F)cc2)o1. The molecule has 3 aromatic rings. The third-order valence-corrected chi connectivity index (χ3v) is 5.93. The van der Waals surface area contributed by atoms with Crippen LogP contribution in [0.5, 0.6) is 5.75 Å². The second-order valence-corrected chi connectivity index (χ2v) is 8.52. The second kappa shape index (κ2) is 8.67. The van der Waals surface area contributed by atoms with E-state index in [2.05, 4.69) is 5.32 Å². The van der Waals surface area contributed by atoms with Crippen LogP contribution in [0.2, 0.25) is 5.02 Å². The zero-order valence-electron chi connectivity index (χ0n) is 15.3. The van der Waals surface area contributed by atoms with Crippen molar-refractivity contribution in [2.75, 3.05) is 7.11 Å². The minimum atomic E-state index is -3.82. The summed E-state index contributed by atoms with van der Waals surface area (Å²) in [6.45, 7) is 0.174. The Labute approximate surface area is 172 Å². The van der Waals surface area contributed by atoms with Crippen LogP contribution in [0.25, 0.3) is 0 Å². The van der Waals surface area contributed by atoms with Crippen LogP contribution in [0.3, 0.4) is 0 Å². The summed E-state index contributed by atoms with van der Waals surface area (Å²) in [5, 5.41) is 2.88. The van der Waals surface area contributed by atoms with E-state index in [0.717, 1.165) is 0 Å². The summed E-state index contributed by atoms with van der Waals surface area (Å²) < 4.78 is 48.8. The third-order valence-electron chi connectivity index (χ3n) is 4.04. The molecule has 1 aromatic heterocycles. The summed E-state index contributed by atoms with van der Waals surface area (Å²) in [7, 11) is -2.46. The quantitative estimate of drug-likeness (QED) is 0.604. The molecule has 6 nitrogen and oxygen atoms in total. The predicted octanol–water partition coefficient (Wildman–Crippen LogP) is 3.98. The van der Waals surface area contributed by atoms with Gasteiger partial charge in [-0.1, -0.05) is 23.7 Å². The lowest BCUT2D eigenvalue weighted by Gasteiger charge is -2.09. The van der Waals surface area contributed by atoms with Crippen LogP contribution in [0.15, 0.2) is 63.9 Å². The van der Waals surface area contributed by atoms with Crippen molar-refractivity contribution in [1.82, 2.24) is 5.32 Å². The molecular weight excluding hydrogens is 421 g/mol. The van der Waals surface area contributed by atoms with E-state index in [-0.39, 0.29) is 39.6 Å². The predicted molar refractivity (Wildman–Crippen MR) is 105 cm³/mol. The van der Waals surface area contributed by atoms with Crippen molar-refractivity contribution in [2.45, 2.75) is 17.2 Å². The van der Waals surface area contributed by atoms with E-state index in [9.17, 15) is 17.6 Å². The minimum Gasteiger partial charge on any atom is -0.495 e. The fourth-order valence-corrected chi connectivity index (χ4v) is 4.29. The second-order valence-electron chi connectivity index (χ2n) is 6.13. The van der Waals surface area contributed by atoms with Gasteiger partial charge in [-0.15, -0.1) is 0 Å².